The van der Waals surface area contributed by atoms with E-state index in [1.165, 1.54) is 6.33 Å². The van der Waals surface area contributed by atoms with Crippen LogP contribution in [0.15, 0.2) is 18.6 Å². The Morgan fingerprint density at radius 1 is 1.31 bits per heavy atom. The molecule has 4 rings (SSSR count). The molecule has 29 heavy (non-hydrogen) atoms. The topological polar surface area (TPSA) is 111 Å². The summed E-state index contributed by atoms with van der Waals surface area (Å²) >= 11 is 0. The minimum absolute atomic E-state index is 0.0966. The summed E-state index contributed by atoms with van der Waals surface area (Å²) in [6, 6.07) is 1.65. The van der Waals surface area contributed by atoms with E-state index in [0.717, 1.165) is 31.8 Å². The zero-order chi connectivity index (χ0) is 20.1. The zero-order valence-corrected chi connectivity index (χ0v) is 16.6. The van der Waals surface area contributed by atoms with E-state index in [-0.39, 0.29) is 5.91 Å². The van der Waals surface area contributed by atoms with Gasteiger partial charge in [-0.15, -0.1) is 5.10 Å². The van der Waals surface area contributed by atoms with E-state index in [9.17, 15) is 4.79 Å². The maximum absolute atomic E-state index is 13.1. The third kappa shape index (κ3) is 3.98. The molecular formula is C18H26N8O3. The molecule has 2 saturated heterocycles. The standard InChI is InChI=1S/C18H26N8O3/c1-28-10-9-26-17(21-22-23-26)18(25-7-11-29-12-8-25)4-2-6-24(13-18)16(27)15-3-5-19-14-20-15/h3,5,14H,2,4,6-13H2,1H3. The van der Waals surface area contributed by atoms with E-state index in [1.807, 2.05) is 4.90 Å². The molecule has 2 fully saturated rings. The predicted molar refractivity (Wildman–Crippen MR) is 101 cm³/mol. The smallest absolute Gasteiger partial charge is 0.272 e. The number of amides is 1. The third-order valence-corrected chi connectivity index (χ3v) is 5.63. The van der Waals surface area contributed by atoms with Crippen molar-refractivity contribution in [2.24, 2.45) is 0 Å². The summed E-state index contributed by atoms with van der Waals surface area (Å²) in [6.45, 7) is 5.10. The van der Waals surface area contributed by atoms with Gasteiger partial charge in [-0.3, -0.25) is 9.69 Å². The minimum Gasteiger partial charge on any atom is -0.383 e. The second-order valence-electron chi connectivity index (χ2n) is 7.27. The molecule has 11 nitrogen and oxygen atoms in total. The van der Waals surface area contributed by atoms with Crippen LogP contribution >= 0.6 is 0 Å². The highest BCUT2D eigenvalue weighted by molar-refractivity contribution is 5.92. The van der Waals surface area contributed by atoms with Gasteiger partial charge in [-0.25, -0.2) is 14.6 Å². The van der Waals surface area contributed by atoms with Crippen molar-refractivity contribution in [2.75, 3.05) is 53.1 Å². The fourth-order valence-corrected chi connectivity index (χ4v) is 4.23. The average molecular weight is 402 g/mol. The monoisotopic (exact) mass is 402 g/mol. The summed E-state index contributed by atoms with van der Waals surface area (Å²) in [5.41, 5.74) is -0.0705. The number of piperidine rings is 1. The lowest BCUT2D eigenvalue weighted by Crippen LogP contribution is -2.61. The molecule has 2 aromatic rings. The Balaban J connectivity index is 1.67. The van der Waals surface area contributed by atoms with Crippen molar-refractivity contribution in [3.63, 3.8) is 0 Å². The number of likely N-dealkylation sites (tertiary alicyclic amines) is 1. The summed E-state index contributed by atoms with van der Waals surface area (Å²) in [7, 11) is 1.66. The van der Waals surface area contributed by atoms with Gasteiger partial charge in [0.15, 0.2) is 5.82 Å². The number of tetrazole rings is 1. The second-order valence-corrected chi connectivity index (χ2v) is 7.27. The molecule has 0 aliphatic carbocycles. The molecular weight excluding hydrogens is 376 g/mol. The number of carbonyl (C=O) groups is 1. The second kappa shape index (κ2) is 8.89. The maximum Gasteiger partial charge on any atom is 0.272 e. The highest BCUT2D eigenvalue weighted by atomic mass is 16.5. The van der Waals surface area contributed by atoms with Gasteiger partial charge >= 0.3 is 0 Å². The lowest BCUT2D eigenvalue weighted by molar-refractivity contribution is -0.0573. The Labute approximate surface area is 169 Å². The Bertz CT molecular complexity index is 810. The van der Waals surface area contributed by atoms with E-state index in [2.05, 4.69) is 30.4 Å². The molecule has 0 radical (unpaired) electrons. The number of morpholine rings is 1. The normalized spacial score (nSPS) is 23.3. The molecule has 2 aromatic heterocycles. The first-order valence-corrected chi connectivity index (χ1v) is 9.88. The Kier molecular flexibility index (Phi) is 6.07. The lowest BCUT2D eigenvalue weighted by Gasteiger charge is -2.49. The van der Waals surface area contributed by atoms with Gasteiger partial charge in [0.25, 0.3) is 5.91 Å². The van der Waals surface area contributed by atoms with E-state index in [0.29, 0.717) is 45.1 Å². The van der Waals surface area contributed by atoms with E-state index in [1.54, 1.807) is 24.1 Å². The number of hydrogen-bond donors (Lipinski definition) is 0. The van der Waals surface area contributed by atoms with Gasteiger partial charge in [0.05, 0.1) is 26.4 Å². The van der Waals surface area contributed by atoms with E-state index < -0.39 is 5.54 Å². The van der Waals surface area contributed by atoms with Crippen molar-refractivity contribution in [1.29, 1.82) is 0 Å². The molecule has 0 bridgehead atoms. The van der Waals surface area contributed by atoms with Crippen molar-refractivity contribution in [1.82, 2.24) is 40.0 Å². The van der Waals surface area contributed by atoms with Crippen molar-refractivity contribution in [2.45, 2.75) is 24.9 Å². The summed E-state index contributed by atoms with van der Waals surface area (Å²) in [6.07, 6.45) is 4.71. The van der Waals surface area contributed by atoms with E-state index in [4.69, 9.17) is 9.47 Å². The third-order valence-electron chi connectivity index (χ3n) is 5.63. The van der Waals surface area contributed by atoms with Gasteiger partial charge in [0, 0.05) is 39.5 Å². The summed E-state index contributed by atoms with van der Waals surface area (Å²) in [5, 5.41) is 12.5. The van der Waals surface area contributed by atoms with Crippen LogP contribution in [-0.2, 0) is 21.6 Å². The minimum atomic E-state index is -0.470. The van der Waals surface area contributed by atoms with Crippen LogP contribution in [0.4, 0.5) is 0 Å². The quantitative estimate of drug-likeness (QED) is 0.635. The first kappa shape index (κ1) is 19.8. The van der Waals surface area contributed by atoms with E-state index >= 15 is 0 Å². The molecule has 4 heterocycles. The highest BCUT2D eigenvalue weighted by Gasteiger charge is 2.47. The number of methoxy groups -OCH3 is 1. The van der Waals surface area contributed by atoms with Gasteiger partial charge in [0.1, 0.15) is 17.6 Å². The molecule has 1 atom stereocenters. The Morgan fingerprint density at radius 2 is 2.17 bits per heavy atom. The van der Waals surface area contributed by atoms with Crippen LogP contribution in [0.5, 0.6) is 0 Å². The molecule has 1 unspecified atom stereocenters. The van der Waals surface area contributed by atoms with Crippen molar-refractivity contribution in [3.8, 4) is 0 Å². The number of aromatic nitrogens is 6. The lowest BCUT2D eigenvalue weighted by atomic mass is 9.85. The molecule has 1 amide bonds. The molecule has 0 aromatic carbocycles. The van der Waals surface area contributed by atoms with Crippen LogP contribution in [0.2, 0.25) is 0 Å². The van der Waals surface area contributed by atoms with Crippen LogP contribution in [0.3, 0.4) is 0 Å². The fourth-order valence-electron chi connectivity index (χ4n) is 4.23. The molecule has 11 heteroatoms. The first-order valence-electron chi connectivity index (χ1n) is 9.88. The Morgan fingerprint density at radius 3 is 2.93 bits per heavy atom. The summed E-state index contributed by atoms with van der Waals surface area (Å²) < 4.78 is 12.6. The highest BCUT2D eigenvalue weighted by Crippen LogP contribution is 2.37. The van der Waals surface area contributed by atoms with Crippen molar-refractivity contribution < 1.29 is 14.3 Å². The SMILES string of the molecule is COCCn1nnnc1C1(N2CCOCC2)CCCN(C(=O)c2ccncn2)C1. The van der Waals surface area contributed by atoms with Crippen LogP contribution in [0.1, 0.15) is 29.2 Å². The molecule has 156 valence electrons. The summed E-state index contributed by atoms with van der Waals surface area (Å²) in [5.74, 6) is 0.678. The van der Waals surface area contributed by atoms with Gasteiger partial charge in [-0.2, -0.15) is 0 Å². The van der Waals surface area contributed by atoms with Gasteiger partial charge < -0.3 is 14.4 Å². The van der Waals surface area contributed by atoms with Crippen LogP contribution < -0.4 is 0 Å². The number of nitrogens with zero attached hydrogens (tertiary/aromatic N) is 8. The van der Waals surface area contributed by atoms with Crippen LogP contribution in [-0.4, -0.2) is 99.0 Å². The molecule has 0 N–H and O–H groups in total. The number of ether oxygens (including phenoxy) is 2. The van der Waals surface area contributed by atoms with Crippen molar-refractivity contribution >= 4 is 5.91 Å². The predicted octanol–water partition coefficient (Wildman–Crippen LogP) is -0.427. The fraction of sp³-hybridized carbons (Fsp3) is 0.667. The average Bonchev–Trinajstić information content (AvgIpc) is 3.27. The molecule has 0 saturated carbocycles. The number of hydrogen-bond acceptors (Lipinski definition) is 9. The van der Waals surface area contributed by atoms with Crippen LogP contribution in [0, 0.1) is 0 Å². The summed E-state index contributed by atoms with van der Waals surface area (Å²) in [4.78, 5) is 25.4. The van der Waals surface area contributed by atoms with Crippen molar-refractivity contribution in [3.05, 3.63) is 30.1 Å². The molecule has 0 spiro atoms. The van der Waals surface area contributed by atoms with Crippen LogP contribution in [0.25, 0.3) is 0 Å². The van der Waals surface area contributed by atoms with Gasteiger partial charge in [0.2, 0.25) is 0 Å². The first-order chi connectivity index (χ1) is 14.2. The molecule has 2 aliphatic heterocycles. The largest absolute Gasteiger partial charge is 0.383 e. The number of rotatable bonds is 6. The van der Waals surface area contributed by atoms with Gasteiger partial charge in [-0.05, 0) is 29.3 Å². The maximum atomic E-state index is 13.1. The number of carbonyl (C=O) groups excluding carboxylic acids is 1. The zero-order valence-electron chi connectivity index (χ0n) is 16.6. The molecule has 2 aliphatic rings. The van der Waals surface area contributed by atoms with Gasteiger partial charge in [-0.1, -0.05) is 0 Å². The Hall–Kier alpha value is -2.50.